The van der Waals surface area contributed by atoms with Gasteiger partial charge in [-0.05, 0) is 61.7 Å². The second-order valence-corrected chi connectivity index (χ2v) is 9.75. The van der Waals surface area contributed by atoms with Gasteiger partial charge in [0, 0.05) is 17.4 Å². The van der Waals surface area contributed by atoms with Crippen LogP contribution >= 0.6 is 0 Å². The fourth-order valence-electron chi connectivity index (χ4n) is 4.73. The van der Waals surface area contributed by atoms with Crippen LogP contribution in [0.5, 0.6) is 0 Å². The fourth-order valence-corrected chi connectivity index (χ4v) is 4.73. The molecule has 0 fully saturated rings. The van der Waals surface area contributed by atoms with Crippen LogP contribution in [-0.2, 0) is 4.79 Å². The smallest absolute Gasteiger partial charge is 0.258 e. The van der Waals surface area contributed by atoms with Crippen molar-refractivity contribution in [2.24, 2.45) is 16.0 Å². The highest BCUT2D eigenvalue weighted by atomic mass is 19.1. The minimum absolute atomic E-state index is 0.0979. The zero-order valence-corrected chi connectivity index (χ0v) is 22.2. The Morgan fingerprint density at radius 3 is 2.55 bits per heavy atom. The lowest BCUT2D eigenvalue weighted by Gasteiger charge is -2.23. The molecule has 0 aliphatic carbocycles. The van der Waals surface area contributed by atoms with Gasteiger partial charge in [-0.2, -0.15) is 5.10 Å². The van der Waals surface area contributed by atoms with Gasteiger partial charge in [0.05, 0.1) is 24.1 Å². The van der Waals surface area contributed by atoms with Gasteiger partial charge in [-0.1, -0.05) is 36.4 Å². The molecule has 2 aliphatic heterocycles. The summed E-state index contributed by atoms with van der Waals surface area (Å²) >= 11 is 0. The quantitative estimate of drug-likeness (QED) is 0.390. The van der Waals surface area contributed by atoms with Crippen LogP contribution in [0.15, 0.2) is 88.1 Å². The summed E-state index contributed by atoms with van der Waals surface area (Å²) in [5.41, 5.74) is 4.21. The minimum Gasteiger partial charge on any atom is -0.349 e. The molecule has 2 heterocycles. The molecule has 0 radical (unpaired) electrons. The molecule has 0 saturated heterocycles. The third-order valence-electron chi connectivity index (χ3n) is 7.01. The highest BCUT2D eigenvalue weighted by Crippen LogP contribution is 2.33. The predicted octanol–water partition coefficient (Wildman–Crippen LogP) is 5.38. The standard InChI is InChI=1S/C30H28F2N6O2/c1-17-9-11-22(36-29(39)23-12-10-21(31)13-25(23)32)14-26(17)37-28-27-18(2)24(15-38(27)34-16-33-28)30(40)35-19(3)20-7-5-4-6-8-20/h4-14,16,19,24H,15H2,1-3H3,(H,35,40)(H,36,39)(H,33,34,37)/t19-,24?/m0/s1. The number of nitrogens with one attached hydrogen (secondary N) is 3. The number of amidine groups is 1. The number of aliphatic imine (C=N–C) groups is 1. The molecule has 8 nitrogen and oxygen atoms in total. The van der Waals surface area contributed by atoms with E-state index in [2.05, 4.69) is 26.0 Å². The molecule has 10 heteroatoms. The summed E-state index contributed by atoms with van der Waals surface area (Å²) in [6, 6.07) is 17.6. The van der Waals surface area contributed by atoms with Crippen LogP contribution in [0.25, 0.3) is 0 Å². The second kappa shape index (κ2) is 11.1. The molecule has 204 valence electrons. The van der Waals surface area contributed by atoms with Crippen molar-refractivity contribution < 1.29 is 18.4 Å². The Hall–Kier alpha value is -4.86. The molecule has 1 unspecified atom stereocenters. The van der Waals surface area contributed by atoms with Gasteiger partial charge in [0.15, 0.2) is 5.84 Å². The molecule has 2 aliphatic rings. The maximum atomic E-state index is 14.1. The maximum absolute atomic E-state index is 14.1. The molecule has 0 aromatic heterocycles. The van der Waals surface area contributed by atoms with E-state index in [-0.39, 0.29) is 17.5 Å². The van der Waals surface area contributed by atoms with Crippen molar-refractivity contribution in [3.8, 4) is 0 Å². The SMILES string of the molecule is CC1=C2C(Nc3cc(NC(=O)c4ccc(F)cc4F)ccc3C)=NC=NN2CC1C(=O)N[C@@H](C)c1ccccc1. The van der Waals surface area contributed by atoms with E-state index in [0.29, 0.717) is 35.5 Å². The highest BCUT2D eigenvalue weighted by molar-refractivity contribution is 6.13. The van der Waals surface area contributed by atoms with Crippen LogP contribution in [0.1, 0.15) is 41.4 Å². The third-order valence-corrected chi connectivity index (χ3v) is 7.01. The third kappa shape index (κ3) is 5.47. The molecule has 0 spiro atoms. The lowest BCUT2D eigenvalue weighted by atomic mass is 10.00. The van der Waals surface area contributed by atoms with Crippen LogP contribution in [-0.4, -0.2) is 35.5 Å². The van der Waals surface area contributed by atoms with Crippen LogP contribution in [0.3, 0.4) is 0 Å². The van der Waals surface area contributed by atoms with E-state index < -0.39 is 23.5 Å². The Bertz CT molecular complexity index is 1570. The van der Waals surface area contributed by atoms with Gasteiger partial charge in [0.2, 0.25) is 5.91 Å². The fraction of sp³-hybridized carbons (Fsp3) is 0.200. The highest BCUT2D eigenvalue weighted by Gasteiger charge is 2.37. The molecule has 40 heavy (non-hydrogen) atoms. The topological polar surface area (TPSA) is 98.2 Å². The summed E-state index contributed by atoms with van der Waals surface area (Å²) in [5.74, 6) is -2.41. The van der Waals surface area contributed by atoms with Gasteiger partial charge in [-0.25, -0.2) is 13.8 Å². The van der Waals surface area contributed by atoms with Gasteiger partial charge in [0.1, 0.15) is 23.7 Å². The molecule has 5 rings (SSSR count). The van der Waals surface area contributed by atoms with Crippen molar-refractivity contribution in [2.45, 2.75) is 26.8 Å². The van der Waals surface area contributed by atoms with E-state index in [0.717, 1.165) is 28.8 Å². The molecule has 0 bridgehead atoms. The first-order valence-corrected chi connectivity index (χ1v) is 12.8. The van der Waals surface area contributed by atoms with E-state index in [1.54, 1.807) is 23.2 Å². The minimum atomic E-state index is -0.945. The Balaban J connectivity index is 1.33. The van der Waals surface area contributed by atoms with Gasteiger partial charge in [-0.15, -0.1) is 0 Å². The number of fused-ring (bicyclic) bond motifs is 1. The summed E-state index contributed by atoms with van der Waals surface area (Å²) in [6.45, 7) is 6.11. The zero-order valence-electron chi connectivity index (χ0n) is 22.2. The number of nitrogens with zero attached hydrogens (tertiary/aromatic N) is 3. The number of carbonyl (C=O) groups is 2. The molecule has 3 aromatic rings. The Labute approximate surface area is 230 Å². The molecule has 2 atom stereocenters. The number of hydrazone groups is 1. The van der Waals surface area contributed by atoms with Crippen molar-refractivity contribution in [3.63, 3.8) is 0 Å². The normalized spacial score (nSPS) is 16.8. The molecular formula is C30H28F2N6O2. The number of anilines is 2. The monoisotopic (exact) mass is 542 g/mol. The average Bonchev–Trinajstić information content (AvgIpc) is 3.28. The number of aryl methyl sites for hydroxylation is 1. The predicted molar refractivity (Wildman–Crippen MR) is 151 cm³/mol. The number of hydrogen-bond donors (Lipinski definition) is 3. The molecule has 2 amide bonds. The Morgan fingerprint density at radius 2 is 1.80 bits per heavy atom. The van der Waals surface area contributed by atoms with E-state index >= 15 is 0 Å². The second-order valence-electron chi connectivity index (χ2n) is 9.75. The van der Waals surface area contributed by atoms with Crippen LogP contribution in [0.4, 0.5) is 20.2 Å². The zero-order chi connectivity index (χ0) is 28.4. The number of amides is 2. The number of carbonyl (C=O) groups excluding carboxylic acids is 2. The average molecular weight is 543 g/mol. The Morgan fingerprint density at radius 1 is 1.02 bits per heavy atom. The largest absolute Gasteiger partial charge is 0.349 e. The summed E-state index contributed by atoms with van der Waals surface area (Å²) in [4.78, 5) is 30.3. The number of rotatable bonds is 6. The van der Waals surface area contributed by atoms with Crippen molar-refractivity contribution in [2.75, 3.05) is 17.2 Å². The Kier molecular flexibility index (Phi) is 7.41. The van der Waals surface area contributed by atoms with Gasteiger partial charge in [-0.3, -0.25) is 14.6 Å². The van der Waals surface area contributed by atoms with Gasteiger partial charge < -0.3 is 16.0 Å². The first-order chi connectivity index (χ1) is 19.2. The van der Waals surface area contributed by atoms with Crippen LogP contribution in [0, 0.1) is 24.5 Å². The lowest BCUT2D eigenvalue weighted by Crippen LogP contribution is -2.35. The van der Waals surface area contributed by atoms with Crippen LogP contribution < -0.4 is 16.0 Å². The van der Waals surface area contributed by atoms with Gasteiger partial charge >= 0.3 is 0 Å². The molecule has 3 aromatic carbocycles. The summed E-state index contributed by atoms with van der Waals surface area (Å²) in [7, 11) is 0. The van der Waals surface area contributed by atoms with Crippen molar-refractivity contribution in [1.29, 1.82) is 0 Å². The summed E-state index contributed by atoms with van der Waals surface area (Å²) in [5, 5.41) is 15.2. The van der Waals surface area contributed by atoms with E-state index in [1.807, 2.05) is 51.1 Å². The lowest BCUT2D eigenvalue weighted by molar-refractivity contribution is -0.124. The number of hydrogen-bond acceptors (Lipinski definition) is 6. The van der Waals surface area contributed by atoms with E-state index in [9.17, 15) is 18.4 Å². The van der Waals surface area contributed by atoms with Crippen molar-refractivity contribution in [3.05, 3.63) is 106 Å². The number of benzene rings is 3. The summed E-state index contributed by atoms with van der Waals surface area (Å²) < 4.78 is 27.3. The number of halogens is 2. The summed E-state index contributed by atoms with van der Waals surface area (Å²) in [6.07, 6.45) is 1.42. The first kappa shape index (κ1) is 26.7. The van der Waals surface area contributed by atoms with Crippen LogP contribution in [0.2, 0.25) is 0 Å². The first-order valence-electron chi connectivity index (χ1n) is 12.8. The van der Waals surface area contributed by atoms with Crippen molar-refractivity contribution in [1.82, 2.24) is 10.3 Å². The van der Waals surface area contributed by atoms with E-state index in [1.165, 1.54) is 6.34 Å². The molecule has 0 saturated carbocycles. The van der Waals surface area contributed by atoms with Crippen molar-refractivity contribution >= 4 is 35.4 Å². The maximum Gasteiger partial charge on any atom is 0.258 e. The molecular weight excluding hydrogens is 514 g/mol. The van der Waals surface area contributed by atoms with E-state index in [4.69, 9.17) is 0 Å². The molecule has 3 N–H and O–H groups in total. The van der Waals surface area contributed by atoms with Gasteiger partial charge in [0.25, 0.3) is 5.91 Å².